The first-order valence-corrected chi connectivity index (χ1v) is 4.90. The van der Waals surface area contributed by atoms with Gasteiger partial charge in [-0.05, 0) is 20.8 Å². The van der Waals surface area contributed by atoms with Gasteiger partial charge in [0.05, 0.1) is 0 Å². The molecule has 0 aromatic carbocycles. The maximum atomic E-state index is 11.0. The number of aliphatic carboxylic acids is 1. The minimum atomic E-state index is -0.966. The van der Waals surface area contributed by atoms with Crippen molar-refractivity contribution in [2.45, 2.75) is 26.3 Å². The third kappa shape index (κ3) is 1.84. The highest BCUT2D eigenvalue weighted by Crippen LogP contribution is 2.23. The van der Waals surface area contributed by atoms with E-state index < -0.39 is 11.5 Å². The van der Waals surface area contributed by atoms with Crippen LogP contribution in [0.15, 0.2) is 0 Å². The Kier molecular flexibility index (Phi) is 2.75. The quantitative estimate of drug-likeness (QED) is 0.819. The highest BCUT2D eigenvalue weighted by molar-refractivity contribution is 7.09. The van der Waals surface area contributed by atoms with Crippen molar-refractivity contribution in [2.75, 3.05) is 11.9 Å². The summed E-state index contributed by atoms with van der Waals surface area (Å²) in [5, 5.41) is 9.61. The number of likely N-dealkylation sites (N-methyl/N-ethyl adjacent to an activating group) is 1. The largest absolute Gasteiger partial charge is 0.480 e. The summed E-state index contributed by atoms with van der Waals surface area (Å²) in [5.74, 6) is -0.217. The molecule has 1 N–H and O–H groups in total. The second kappa shape index (κ2) is 3.53. The predicted molar refractivity (Wildman–Crippen MR) is 54.8 cm³/mol. The van der Waals surface area contributed by atoms with Crippen LogP contribution in [0.1, 0.15) is 19.7 Å². The van der Waals surface area contributed by atoms with Gasteiger partial charge in [0.25, 0.3) is 0 Å². The van der Waals surface area contributed by atoms with E-state index >= 15 is 0 Å². The molecule has 0 saturated heterocycles. The molecule has 6 heteroatoms. The van der Waals surface area contributed by atoms with Crippen LogP contribution in [0, 0.1) is 6.92 Å². The van der Waals surface area contributed by atoms with Crippen molar-refractivity contribution in [3.8, 4) is 0 Å². The van der Waals surface area contributed by atoms with Crippen LogP contribution >= 0.6 is 11.5 Å². The lowest BCUT2D eigenvalue weighted by Crippen LogP contribution is -2.48. The number of hydrogen-bond acceptors (Lipinski definition) is 5. The van der Waals surface area contributed by atoms with Gasteiger partial charge in [-0.25, -0.2) is 9.78 Å². The van der Waals surface area contributed by atoms with E-state index in [0.29, 0.717) is 11.0 Å². The summed E-state index contributed by atoms with van der Waals surface area (Å²) in [6.07, 6.45) is 0. The van der Waals surface area contributed by atoms with Crippen LogP contribution in [0.5, 0.6) is 0 Å². The predicted octanol–water partition coefficient (Wildman–Crippen LogP) is 1.15. The summed E-state index contributed by atoms with van der Waals surface area (Å²) < 4.78 is 4.01. The zero-order chi connectivity index (χ0) is 10.9. The van der Waals surface area contributed by atoms with Gasteiger partial charge in [0.15, 0.2) is 0 Å². The average Bonchev–Trinajstić information content (AvgIpc) is 2.50. The van der Waals surface area contributed by atoms with Gasteiger partial charge in [0.2, 0.25) is 5.13 Å². The molecule has 0 saturated carbocycles. The second-order valence-electron chi connectivity index (χ2n) is 3.55. The summed E-state index contributed by atoms with van der Waals surface area (Å²) >= 11 is 1.20. The monoisotopic (exact) mass is 215 g/mol. The molecule has 78 valence electrons. The van der Waals surface area contributed by atoms with Crippen LogP contribution in [0.4, 0.5) is 5.13 Å². The highest BCUT2D eigenvalue weighted by atomic mass is 32.1. The Morgan fingerprint density at radius 1 is 1.57 bits per heavy atom. The van der Waals surface area contributed by atoms with E-state index in [0.717, 1.165) is 0 Å². The van der Waals surface area contributed by atoms with Crippen LogP contribution in [-0.2, 0) is 4.79 Å². The van der Waals surface area contributed by atoms with Gasteiger partial charge >= 0.3 is 5.97 Å². The molecular formula is C8H13N3O2S. The summed E-state index contributed by atoms with van der Waals surface area (Å²) in [7, 11) is 1.70. The van der Waals surface area contributed by atoms with Gasteiger partial charge in [-0.3, -0.25) is 0 Å². The minimum absolute atomic E-state index is 0.620. The number of carboxylic acids is 1. The van der Waals surface area contributed by atoms with E-state index in [4.69, 9.17) is 5.11 Å². The molecule has 0 spiro atoms. The molecule has 0 aliphatic heterocycles. The van der Waals surface area contributed by atoms with Crippen molar-refractivity contribution in [3.63, 3.8) is 0 Å². The van der Waals surface area contributed by atoms with Gasteiger partial charge < -0.3 is 10.0 Å². The minimum Gasteiger partial charge on any atom is -0.480 e. The van der Waals surface area contributed by atoms with Crippen LogP contribution in [0.25, 0.3) is 0 Å². The van der Waals surface area contributed by atoms with E-state index in [9.17, 15) is 4.79 Å². The Bertz CT molecular complexity index is 348. The Hall–Kier alpha value is -1.17. The number of aromatic nitrogens is 2. The normalized spacial score (nSPS) is 11.4. The summed E-state index contributed by atoms with van der Waals surface area (Å²) in [5.41, 5.74) is -0.966. The smallest absolute Gasteiger partial charge is 0.329 e. The van der Waals surface area contributed by atoms with Crippen LogP contribution in [0.2, 0.25) is 0 Å². The molecule has 14 heavy (non-hydrogen) atoms. The number of rotatable bonds is 3. The molecule has 0 aliphatic rings. The second-order valence-corrected chi connectivity index (χ2v) is 4.28. The van der Waals surface area contributed by atoms with Crippen molar-refractivity contribution >= 4 is 22.6 Å². The van der Waals surface area contributed by atoms with Crippen molar-refractivity contribution in [3.05, 3.63) is 5.82 Å². The van der Waals surface area contributed by atoms with E-state index in [2.05, 4.69) is 9.36 Å². The molecule has 0 bridgehead atoms. The van der Waals surface area contributed by atoms with Crippen molar-refractivity contribution in [2.24, 2.45) is 0 Å². The molecule has 0 atom stereocenters. The summed E-state index contributed by atoms with van der Waals surface area (Å²) in [6.45, 7) is 5.04. The van der Waals surface area contributed by atoms with Crippen LogP contribution in [-0.4, -0.2) is 33.0 Å². The molecule has 0 aliphatic carbocycles. The Morgan fingerprint density at radius 2 is 2.14 bits per heavy atom. The topological polar surface area (TPSA) is 66.3 Å². The fourth-order valence-electron chi connectivity index (χ4n) is 0.805. The molecule has 1 aromatic rings. The first kappa shape index (κ1) is 10.9. The van der Waals surface area contributed by atoms with Gasteiger partial charge in [-0.1, -0.05) is 0 Å². The maximum Gasteiger partial charge on any atom is 0.329 e. The number of carbonyl (C=O) groups is 1. The molecule has 5 nitrogen and oxygen atoms in total. The molecule has 0 fully saturated rings. The third-order valence-corrected chi connectivity index (χ3v) is 3.05. The molecule has 0 radical (unpaired) electrons. The van der Waals surface area contributed by atoms with Gasteiger partial charge in [-0.15, -0.1) is 0 Å². The molecular weight excluding hydrogens is 202 g/mol. The first-order chi connectivity index (χ1) is 6.35. The van der Waals surface area contributed by atoms with Gasteiger partial charge in [-0.2, -0.15) is 4.37 Å². The molecule has 0 amide bonds. The molecule has 1 heterocycles. The standard InChI is InChI=1S/C8H13N3O2S/c1-5-9-7(14-10-5)11(4)8(2,3)6(12)13/h1-4H3,(H,12,13). The van der Waals surface area contributed by atoms with E-state index in [-0.39, 0.29) is 0 Å². The highest BCUT2D eigenvalue weighted by Gasteiger charge is 2.33. The Balaban J connectivity index is 2.95. The van der Waals surface area contributed by atoms with Crippen molar-refractivity contribution in [1.82, 2.24) is 9.36 Å². The zero-order valence-corrected chi connectivity index (χ0v) is 9.42. The molecule has 1 aromatic heterocycles. The number of carboxylic acid groups (broad SMARTS) is 1. The van der Waals surface area contributed by atoms with Crippen molar-refractivity contribution < 1.29 is 9.90 Å². The van der Waals surface area contributed by atoms with Gasteiger partial charge in [0.1, 0.15) is 11.4 Å². The number of nitrogens with zero attached hydrogens (tertiary/aromatic N) is 3. The fraction of sp³-hybridized carbons (Fsp3) is 0.625. The first-order valence-electron chi connectivity index (χ1n) is 4.13. The fourth-order valence-corrected chi connectivity index (χ4v) is 1.58. The Labute approximate surface area is 86.6 Å². The lowest BCUT2D eigenvalue weighted by Gasteiger charge is -2.30. The number of aryl methyl sites for hydroxylation is 1. The lowest BCUT2D eigenvalue weighted by molar-refractivity contribution is -0.142. The average molecular weight is 215 g/mol. The number of anilines is 1. The van der Waals surface area contributed by atoms with E-state index in [1.54, 1.807) is 32.7 Å². The third-order valence-electron chi connectivity index (χ3n) is 2.17. The molecule has 1 rings (SSSR count). The Morgan fingerprint density at radius 3 is 2.50 bits per heavy atom. The van der Waals surface area contributed by atoms with E-state index in [1.165, 1.54) is 11.5 Å². The SMILES string of the molecule is Cc1nsc(N(C)C(C)(C)C(=O)O)n1. The zero-order valence-electron chi connectivity index (χ0n) is 8.61. The van der Waals surface area contributed by atoms with Crippen molar-refractivity contribution in [1.29, 1.82) is 0 Å². The maximum absolute atomic E-state index is 11.0. The van der Waals surface area contributed by atoms with E-state index in [1.807, 2.05) is 0 Å². The summed E-state index contributed by atoms with van der Waals surface area (Å²) in [4.78, 5) is 16.7. The van der Waals surface area contributed by atoms with Crippen LogP contribution < -0.4 is 4.90 Å². The number of hydrogen-bond donors (Lipinski definition) is 1. The summed E-state index contributed by atoms with van der Waals surface area (Å²) in [6, 6.07) is 0. The molecule has 0 unspecified atom stereocenters. The lowest BCUT2D eigenvalue weighted by atomic mass is 10.1. The van der Waals surface area contributed by atoms with Crippen LogP contribution in [0.3, 0.4) is 0 Å². The van der Waals surface area contributed by atoms with Gasteiger partial charge in [0, 0.05) is 18.6 Å².